The maximum Gasteiger partial charge on any atom is 0.365 e. The van der Waals surface area contributed by atoms with Crippen molar-refractivity contribution in [2.24, 2.45) is 0 Å². The van der Waals surface area contributed by atoms with E-state index in [1.165, 1.54) is 30.6 Å². The molecular weight excluding hydrogens is 200 g/mol. The van der Waals surface area contributed by atoms with E-state index in [4.69, 9.17) is 5.11 Å². The molecule has 1 saturated carbocycles. The molecule has 0 aromatic carbocycles. The van der Waals surface area contributed by atoms with Crippen molar-refractivity contribution in [1.29, 1.82) is 0 Å². The van der Waals surface area contributed by atoms with Crippen LogP contribution in [-0.2, 0) is 6.54 Å². The number of carboxylic acid groups (broad SMARTS) is 1. The van der Waals surface area contributed by atoms with Crippen LogP contribution in [0.5, 0.6) is 0 Å². The highest BCUT2D eigenvalue weighted by Crippen LogP contribution is 2.18. The zero-order chi connectivity index (χ0) is 9.97. The minimum absolute atomic E-state index is 0.176. The third-order valence-electron chi connectivity index (χ3n) is 2.41. The summed E-state index contributed by atoms with van der Waals surface area (Å²) in [6, 6.07) is 0.616. The zero-order valence-electron chi connectivity index (χ0n) is 7.69. The van der Waals surface area contributed by atoms with Crippen LogP contribution in [0.3, 0.4) is 0 Å². The molecule has 2 N–H and O–H groups in total. The van der Waals surface area contributed by atoms with Crippen LogP contribution < -0.4 is 5.32 Å². The summed E-state index contributed by atoms with van der Waals surface area (Å²) in [5.41, 5.74) is 0.833. The number of hydrogen-bond acceptors (Lipinski definition) is 4. The summed E-state index contributed by atoms with van der Waals surface area (Å²) in [6.07, 6.45) is 3.76. The lowest BCUT2D eigenvalue weighted by molar-refractivity contribution is 0.0696. The Morgan fingerprint density at radius 1 is 1.71 bits per heavy atom. The van der Waals surface area contributed by atoms with Gasteiger partial charge in [0.15, 0.2) is 0 Å². The van der Waals surface area contributed by atoms with Crippen molar-refractivity contribution in [2.75, 3.05) is 0 Å². The van der Waals surface area contributed by atoms with E-state index in [1.807, 2.05) is 0 Å². The molecule has 1 aliphatic rings. The lowest BCUT2D eigenvalue weighted by Crippen LogP contribution is -2.34. The normalized spacial score (nSPS) is 16.6. The van der Waals surface area contributed by atoms with Crippen LogP contribution in [0.2, 0.25) is 0 Å². The summed E-state index contributed by atoms with van der Waals surface area (Å²) in [5.74, 6) is -0.940. The first-order chi connectivity index (χ1) is 6.75. The van der Waals surface area contributed by atoms with Gasteiger partial charge in [0, 0.05) is 18.0 Å². The van der Waals surface area contributed by atoms with Gasteiger partial charge in [0.05, 0.1) is 5.69 Å². The minimum Gasteiger partial charge on any atom is -0.476 e. The molecule has 0 radical (unpaired) electrons. The molecule has 1 fully saturated rings. The van der Waals surface area contributed by atoms with E-state index < -0.39 is 5.97 Å². The minimum atomic E-state index is -0.940. The molecule has 2 rings (SSSR count). The zero-order valence-corrected chi connectivity index (χ0v) is 8.51. The average molecular weight is 212 g/mol. The summed E-state index contributed by atoms with van der Waals surface area (Å²) >= 11 is 1.18. The smallest absolute Gasteiger partial charge is 0.365 e. The van der Waals surface area contributed by atoms with Gasteiger partial charge in [-0.2, -0.15) is 0 Å². The number of rotatable bonds is 4. The number of aromatic carboxylic acids is 1. The molecule has 76 valence electrons. The Balaban J connectivity index is 1.86. The highest BCUT2D eigenvalue weighted by molar-refractivity contribution is 7.11. The van der Waals surface area contributed by atoms with Gasteiger partial charge < -0.3 is 10.4 Å². The van der Waals surface area contributed by atoms with Gasteiger partial charge >= 0.3 is 5.97 Å². The van der Waals surface area contributed by atoms with E-state index in [-0.39, 0.29) is 5.01 Å². The number of carboxylic acids is 1. The Bertz CT molecular complexity index is 333. The summed E-state index contributed by atoms with van der Waals surface area (Å²) in [7, 11) is 0. The Kier molecular flexibility index (Phi) is 2.79. The highest BCUT2D eigenvalue weighted by atomic mass is 32.1. The van der Waals surface area contributed by atoms with Crippen LogP contribution in [0.4, 0.5) is 0 Å². The van der Waals surface area contributed by atoms with Gasteiger partial charge in [-0.1, -0.05) is 6.42 Å². The van der Waals surface area contributed by atoms with Gasteiger partial charge in [-0.05, 0) is 12.8 Å². The second-order valence-electron chi connectivity index (χ2n) is 3.46. The van der Waals surface area contributed by atoms with Crippen LogP contribution >= 0.6 is 11.3 Å². The summed E-state index contributed by atoms with van der Waals surface area (Å²) in [6.45, 7) is 0.689. The second-order valence-corrected chi connectivity index (χ2v) is 4.32. The molecule has 0 bridgehead atoms. The van der Waals surface area contributed by atoms with Gasteiger partial charge in [0.1, 0.15) is 0 Å². The predicted molar refractivity (Wildman–Crippen MR) is 53.6 cm³/mol. The Morgan fingerprint density at radius 2 is 2.50 bits per heavy atom. The maximum atomic E-state index is 10.5. The third-order valence-corrected chi connectivity index (χ3v) is 3.29. The van der Waals surface area contributed by atoms with E-state index in [1.54, 1.807) is 5.38 Å². The first kappa shape index (κ1) is 9.61. The molecule has 0 saturated heterocycles. The topological polar surface area (TPSA) is 62.2 Å². The average Bonchev–Trinajstić information content (AvgIpc) is 2.50. The fourth-order valence-electron chi connectivity index (χ4n) is 1.35. The Morgan fingerprint density at radius 3 is 3.00 bits per heavy atom. The lowest BCUT2D eigenvalue weighted by Gasteiger charge is -2.26. The maximum absolute atomic E-state index is 10.5. The second kappa shape index (κ2) is 4.06. The van der Waals surface area contributed by atoms with E-state index in [9.17, 15) is 4.79 Å². The molecule has 1 aromatic heterocycles. The van der Waals surface area contributed by atoms with E-state index in [2.05, 4.69) is 10.3 Å². The van der Waals surface area contributed by atoms with Gasteiger partial charge in [0.2, 0.25) is 5.01 Å². The first-order valence-electron chi connectivity index (χ1n) is 4.67. The molecule has 14 heavy (non-hydrogen) atoms. The predicted octanol–water partition coefficient (Wildman–Crippen LogP) is 1.48. The van der Waals surface area contributed by atoms with Gasteiger partial charge in [0.25, 0.3) is 0 Å². The van der Waals surface area contributed by atoms with Gasteiger partial charge in [-0.3, -0.25) is 0 Å². The van der Waals surface area contributed by atoms with Crippen molar-refractivity contribution < 1.29 is 9.90 Å². The summed E-state index contributed by atoms with van der Waals surface area (Å²) in [5, 5.41) is 14.0. The quantitative estimate of drug-likeness (QED) is 0.793. The molecule has 0 atom stereocenters. The summed E-state index contributed by atoms with van der Waals surface area (Å²) in [4.78, 5) is 14.5. The van der Waals surface area contributed by atoms with E-state index in [0.717, 1.165) is 5.69 Å². The molecule has 0 aliphatic heterocycles. The molecule has 1 aromatic rings. The molecule has 0 spiro atoms. The molecule has 1 aliphatic carbocycles. The highest BCUT2D eigenvalue weighted by Gasteiger charge is 2.17. The molecule has 1 heterocycles. The van der Waals surface area contributed by atoms with Crippen molar-refractivity contribution in [3.63, 3.8) is 0 Å². The van der Waals surface area contributed by atoms with Crippen molar-refractivity contribution >= 4 is 17.3 Å². The summed E-state index contributed by atoms with van der Waals surface area (Å²) < 4.78 is 0. The number of nitrogens with zero attached hydrogens (tertiary/aromatic N) is 1. The van der Waals surface area contributed by atoms with Crippen LogP contribution in [0, 0.1) is 0 Å². The van der Waals surface area contributed by atoms with Crippen molar-refractivity contribution in [1.82, 2.24) is 10.3 Å². The Labute approximate surface area is 86.0 Å². The molecular formula is C9H12N2O2S. The monoisotopic (exact) mass is 212 g/mol. The molecule has 4 nitrogen and oxygen atoms in total. The number of thiazole rings is 1. The molecule has 5 heteroatoms. The van der Waals surface area contributed by atoms with Crippen molar-refractivity contribution in [3.05, 3.63) is 16.1 Å². The third kappa shape index (κ3) is 2.10. The SMILES string of the molecule is O=C(O)c1nc(CNC2CCC2)cs1. The van der Waals surface area contributed by atoms with Crippen LogP contribution in [-0.4, -0.2) is 22.1 Å². The fraction of sp³-hybridized carbons (Fsp3) is 0.556. The van der Waals surface area contributed by atoms with E-state index in [0.29, 0.717) is 12.6 Å². The fourth-order valence-corrected chi connectivity index (χ4v) is 2.00. The molecule has 0 amide bonds. The van der Waals surface area contributed by atoms with Crippen LogP contribution in [0.1, 0.15) is 34.8 Å². The van der Waals surface area contributed by atoms with E-state index >= 15 is 0 Å². The number of aromatic nitrogens is 1. The van der Waals surface area contributed by atoms with Gasteiger partial charge in [-0.15, -0.1) is 11.3 Å². The van der Waals surface area contributed by atoms with Crippen LogP contribution in [0.25, 0.3) is 0 Å². The number of carbonyl (C=O) groups is 1. The number of nitrogens with one attached hydrogen (secondary N) is 1. The largest absolute Gasteiger partial charge is 0.476 e. The van der Waals surface area contributed by atoms with Crippen LogP contribution in [0.15, 0.2) is 5.38 Å². The lowest BCUT2D eigenvalue weighted by atomic mass is 9.93. The van der Waals surface area contributed by atoms with Gasteiger partial charge in [-0.25, -0.2) is 9.78 Å². The molecule has 0 unspecified atom stereocenters. The first-order valence-corrected chi connectivity index (χ1v) is 5.55. The Hall–Kier alpha value is -0.940. The van der Waals surface area contributed by atoms with Crippen molar-refractivity contribution in [2.45, 2.75) is 31.8 Å². The van der Waals surface area contributed by atoms with Crippen molar-refractivity contribution in [3.8, 4) is 0 Å². The standard InChI is InChI=1S/C9H12N2O2S/c12-9(13)8-11-7(5-14-8)4-10-6-2-1-3-6/h5-6,10H,1-4H2,(H,12,13). The number of hydrogen-bond donors (Lipinski definition) is 2.